The van der Waals surface area contributed by atoms with E-state index in [1.165, 1.54) is 16.7 Å². The van der Waals surface area contributed by atoms with Crippen LogP contribution in [0.3, 0.4) is 0 Å². The zero-order valence-electron chi connectivity index (χ0n) is 9.06. The molecule has 0 radical (unpaired) electrons. The Balaban J connectivity index is 2.06. The summed E-state index contributed by atoms with van der Waals surface area (Å²) in [4.78, 5) is 0. The van der Waals surface area contributed by atoms with Gasteiger partial charge < -0.3 is 5.11 Å². The number of aromatic hydroxyl groups is 1. The molecule has 0 amide bonds. The number of rotatable bonds is 1. The SMILES string of the molecule is Oc1ccc2c(c1)C(c1ccccc1)CC2. The van der Waals surface area contributed by atoms with Crippen LogP contribution in [0.25, 0.3) is 0 Å². The van der Waals surface area contributed by atoms with Crippen LogP contribution in [0.15, 0.2) is 48.5 Å². The second kappa shape index (κ2) is 3.67. The molecule has 0 bridgehead atoms. The summed E-state index contributed by atoms with van der Waals surface area (Å²) in [5.74, 6) is 0.838. The molecule has 0 aromatic heterocycles. The van der Waals surface area contributed by atoms with Crippen molar-refractivity contribution in [2.75, 3.05) is 0 Å². The molecule has 1 atom stereocenters. The average Bonchev–Trinajstić information content (AvgIpc) is 2.73. The molecule has 16 heavy (non-hydrogen) atoms. The molecule has 3 rings (SSSR count). The van der Waals surface area contributed by atoms with Gasteiger partial charge in [-0.1, -0.05) is 36.4 Å². The monoisotopic (exact) mass is 210 g/mol. The Bertz CT molecular complexity index is 502. The molecular weight excluding hydrogens is 196 g/mol. The number of hydrogen-bond acceptors (Lipinski definition) is 1. The van der Waals surface area contributed by atoms with Crippen molar-refractivity contribution >= 4 is 0 Å². The summed E-state index contributed by atoms with van der Waals surface area (Å²) in [5.41, 5.74) is 4.03. The second-order valence-corrected chi connectivity index (χ2v) is 4.39. The molecule has 1 heteroatoms. The Kier molecular flexibility index (Phi) is 2.17. The number of hydrogen-bond donors (Lipinski definition) is 1. The van der Waals surface area contributed by atoms with E-state index >= 15 is 0 Å². The average molecular weight is 210 g/mol. The van der Waals surface area contributed by atoms with Crippen LogP contribution in [0.2, 0.25) is 0 Å². The largest absolute Gasteiger partial charge is 0.508 e. The minimum Gasteiger partial charge on any atom is -0.508 e. The minimum absolute atomic E-state index is 0.376. The van der Waals surface area contributed by atoms with Gasteiger partial charge in [0.25, 0.3) is 0 Å². The van der Waals surface area contributed by atoms with Gasteiger partial charge >= 0.3 is 0 Å². The molecule has 0 heterocycles. The van der Waals surface area contributed by atoms with Crippen molar-refractivity contribution in [3.63, 3.8) is 0 Å². The fraction of sp³-hybridized carbons (Fsp3) is 0.200. The molecule has 1 aliphatic rings. The summed E-state index contributed by atoms with van der Waals surface area (Å²) in [6.07, 6.45) is 2.28. The van der Waals surface area contributed by atoms with Crippen LogP contribution in [0.5, 0.6) is 5.75 Å². The Morgan fingerprint density at radius 1 is 1.00 bits per heavy atom. The van der Waals surface area contributed by atoms with Crippen LogP contribution < -0.4 is 0 Å². The molecule has 0 spiro atoms. The molecule has 1 unspecified atom stereocenters. The first-order chi connectivity index (χ1) is 7.84. The number of aryl methyl sites for hydroxylation is 1. The van der Waals surface area contributed by atoms with Gasteiger partial charge in [-0.25, -0.2) is 0 Å². The summed E-state index contributed by atoms with van der Waals surface area (Å²) >= 11 is 0. The Morgan fingerprint density at radius 3 is 2.62 bits per heavy atom. The fourth-order valence-corrected chi connectivity index (χ4v) is 2.62. The van der Waals surface area contributed by atoms with E-state index < -0.39 is 0 Å². The van der Waals surface area contributed by atoms with Gasteiger partial charge in [-0.05, 0) is 41.7 Å². The molecule has 0 saturated heterocycles. The maximum absolute atomic E-state index is 9.56. The third-order valence-corrected chi connectivity index (χ3v) is 3.41. The van der Waals surface area contributed by atoms with Crippen LogP contribution >= 0.6 is 0 Å². The highest BCUT2D eigenvalue weighted by molar-refractivity contribution is 5.45. The predicted molar refractivity (Wildman–Crippen MR) is 64.7 cm³/mol. The van der Waals surface area contributed by atoms with Crippen molar-refractivity contribution in [3.8, 4) is 5.75 Å². The van der Waals surface area contributed by atoms with Gasteiger partial charge in [0.2, 0.25) is 0 Å². The molecular formula is C15H14O. The lowest BCUT2D eigenvalue weighted by Crippen LogP contribution is -1.95. The summed E-state index contributed by atoms with van der Waals surface area (Å²) in [7, 11) is 0. The normalized spacial score (nSPS) is 18.4. The van der Waals surface area contributed by atoms with Gasteiger partial charge in [0.05, 0.1) is 0 Å². The molecule has 0 saturated carbocycles. The standard InChI is InChI=1S/C15H14O/c16-13-8-6-12-7-9-14(15(12)10-13)11-4-2-1-3-5-11/h1-6,8,10,14,16H,7,9H2. The third-order valence-electron chi connectivity index (χ3n) is 3.41. The van der Waals surface area contributed by atoms with E-state index in [0.717, 1.165) is 12.8 Å². The van der Waals surface area contributed by atoms with Crippen LogP contribution in [-0.4, -0.2) is 5.11 Å². The molecule has 1 nitrogen and oxygen atoms in total. The smallest absolute Gasteiger partial charge is 0.115 e. The van der Waals surface area contributed by atoms with Crippen LogP contribution in [0.4, 0.5) is 0 Å². The Morgan fingerprint density at radius 2 is 1.81 bits per heavy atom. The van der Waals surface area contributed by atoms with E-state index in [0.29, 0.717) is 11.7 Å². The zero-order chi connectivity index (χ0) is 11.0. The van der Waals surface area contributed by atoms with Crippen molar-refractivity contribution in [3.05, 3.63) is 65.2 Å². The van der Waals surface area contributed by atoms with Crippen molar-refractivity contribution in [1.82, 2.24) is 0 Å². The van der Waals surface area contributed by atoms with Gasteiger partial charge in [0.1, 0.15) is 5.75 Å². The van der Waals surface area contributed by atoms with Gasteiger partial charge in [0, 0.05) is 5.92 Å². The fourth-order valence-electron chi connectivity index (χ4n) is 2.62. The minimum atomic E-state index is 0.376. The van der Waals surface area contributed by atoms with E-state index in [2.05, 4.69) is 24.3 Å². The van der Waals surface area contributed by atoms with E-state index in [1.54, 1.807) is 6.07 Å². The number of benzene rings is 2. The molecule has 1 N–H and O–H groups in total. The predicted octanol–water partition coefficient (Wildman–Crippen LogP) is 3.47. The van der Waals surface area contributed by atoms with E-state index in [-0.39, 0.29) is 0 Å². The maximum atomic E-state index is 9.56. The zero-order valence-corrected chi connectivity index (χ0v) is 9.06. The topological polar surface area (TPSA) is 20.2 Å². The highest BCUT2D eigenvalue weighted by Crippen LogP contribution is 2.39. The first kappa shape index (κ1) is 9.46. The molecule has 2 aromatic carbocycles. The number of fused-ring (bicyclic) bond motifs is 1. The molecule has 80 valence electrons. The van der Waals surface area contributed by atoms with Crippen LogP contribution in [0.1, 0.15) is 29.0 Å². The van der Waals surface area contributed by atoms with Crippen LogP contribution in [0, 0.1) is 0 Å². The van der Waals surface area contributed by atoms with Gasteiger partial charge in [-0.15, -0.1) is 0 Å². The lowest BCUT2D eigenvalue weighted by Gasteiger charge is -2.12. The van der Waals surface area contributed by atoms with E-state index in [4.69, 9.17) is 0 Å². The highest BCUT2D eigenvalue weighted by atomic mass is 16.3. The third kappa shape index (κ3) is 1.49. The molecule has 0 fully saturated rings. The lowest BCUT2D eigenvalue weighted by atomic mass is 9.93. The summed E-state index contributed by atoms with van der Waals surface area (Å²) in [6.45, 7) is 0. The van der Waals surface area contributed by atoms with Crippen LogP contribution in [-0.2, 0) is 6.42 Å². The quantitative estimate of drug-likeness (QED) is 0.764. The second-order valence-electron chi connectivity index (χ2n) is 4.39. The van der Waals surface area contributed by atoms with Gasteiger partial charge in [-0.3, -0.25) is 0 Å². The summed E-state index contributed by atoms with van der Waals surface area (Å²) in [5, 5.41) is 9.56. The number of phenols is 1. The molecule has 1 aliphatic carbocycles. The highest BCUT2D eigenvalue weighted by Gasteiger charge is 2.23. The van der Waals surface area contributed by atoms with Crippen molar-refractivity contribution in [2.45, 2.75) is 18.8 Å². The van der Waals surface area contributed by atoms with Crippen molar-refractivity contribution < 1.29 is 5.11 Å². The van der Waals surface area contributed by atoms with Crippen molar-refractivity contribution in [1.29, 1.82) is 0 Å². The maximum Gasteiger partial charge on any atom is 0.115 e. The Hall–Kier alpha value is -1.76. The number of phenolic OH excluding ortho intramolecular Hbond substituents is 1. The first-order valence-corrected chi connectivity index (χ1v) is 5.71. The molecule has 2 aromatic rings. The first-order valence-electron chi connectivity index (χ1n) is 5.71. The van der Waals surface area contributed by atoms with Gasteiger partial charge in [-0.2, -0.15) is 0 Å². The summed E-state index contributed by atoms with van der Waals surface area (Å²) in [6, 6.07) is 16.3. The van der Waals surface area contributed by atoms with Gasteiger partial charge in [0.15, 0.2) is 0 Å². The van der Waals surface area contributed by atoms with E-state index in [9.17, 15) is 5.11 Å². The summed E-state index contributed by atoms with van der Waals surface area (Å²) < 4.78 is 0. The molecule has 0 aliphatic heterocycles. The van der Waals surface area contributed by atoms with Crippen molar-refractivity contribution in [2.24, 2.45) is 0 Å². The van der Waals surface area contributed by atoms with E-state index in [1.807, 2.05) is 18.2 Å². The Labute approximate surface area is 95.4 Å². The lowest BCUT2D eigenvalue weighted by molar-refractivity contribution is 0.474.